The third kappa shape index (κ3) is 10.3. The second kappa shape index (κ2) is 22.2. The molecule has 66 heavy (non-hydrogen) atoms. The summed E-state index contributed by atoms with van der Waals surface area (Å²) in [5, 5.41) is 7.03. The van der Waals surface area contributed by atoms with Gasteiger partial charge in [0.05, 0.1) is 0 Å². The number of thioether (sulfide) groups is 2. The number of hydrogen-bond donors (Lipinski definition) is 0. The Kier molecular flexibility index (Phi) is 16.0. The Labute approximate surface area is 397 Å². The minimum atomic E-state index is -0.300. The number of hydrogen-bond acceptors (Lipinski definition) is 8. The number of carbonyl (C=O) groups excluding carboxylic acids is 6. The van der Waals surface area contributed by atoms with Crippen LogP contribution in [-0.4, -0.2) is 67.8 Å². The molecule has 0 saturated heterocycles. The molecular weight excluding hydrogens is 861 g/mol. The van der Waals surface area contributed by atoms with Crippen LogP contribution in [0.3, 0.4) is 0 Å². The van der Waals surface area contributed by atoms with Gasteiger partial charge in [0.25, 0.3) is 23.6 Å². The summed E-state index contributed by atoms with van der Waals surface area (Å²) < 4.78 is 0. The smallest absolute Gasteiger partial charge is 0.261 e. The van der Waals surface area contributed by atoms with Gasteiger partial charge in [0.15, 0.2) is 10.2 Å². The fourth-order valence-corrected chi connectivity index (χ4v) is 11.8. The van der Waals surface area contributed by atoms with Gasteiger partial charge in [0.1, 0.15) is 0 Å². The molecule has 10 heteroatoms. The zero-order chi connectivity index (χ0) is 46.2. The van der Waals surface area contributed by atoms with E-state index in [1.54, 1.807) is 18.7 Å². The number of unbranched alkanes of at least 4 members (excludes halogenated alkanes) is 14. The Hall–Kier alpha value is -5.02. The standard InChI is InChI=1S/C56H62N2O6S2/c1-37(59)65-35-19-13-9-5-3-7-11-15-23-40(24-16-12-8-4-6-10-14-20-36-66-38(2)60)58-55(63)47-31-27-43-41-25-29-45-51-46(54(62)57(53(45)61)34-33-39-21-17-18-22-39)30-26-42(49(41)51)44-28-32-48(56(58)64)52(47)50(43)44/h17-18,21,25-32,40H,3-16,19-20,23-24,33-36H2,1-2H3. The normalized spacial score (nSPS) is 14.5. The average molecular weight is 923 g/mol. The van der Waals surface area contributed by atoms with Crippen molar-refractivity contribution >= 4 is 100 Å². The van der Waals surface area contributed by atoms with Crippen molar-refractivity contribution < 1.29 is 28.8 Å². The Balaban J connectivity index is 0.994. The highest BCUT2D eigenvalue weighted by molar-refractivity contribution is 8.13. The van der Waals surface area contributed by atoms with Crippen molar-refractivity contribution in [3.63, 3.8) is 0 Å². The largest absolute Gasteiger partial charge is 0.288 e. The van der Waals surface area contributed by atoms with Crippen LogP contribution in [-0.2, 0) is 9.59 Å². The summed E-state index contributed by atoms with van der Waals surface area (Å²) in [4.78, 5) is 83.0. The Morgan fingerprint density at radius 1 is 0.500 bits per heavy atom. The molecule has 8 nitrogen and oxygen atoms in total. The molecule has 0 atom stereocenters. The lowest BCUT2D eigenvalue weighted by atomic mass is 9.82. The van der Waals surface area contributed by atoms with E-state index < -0.39 is 0 Å². The van der Waals surface area contributed by atoms with E-state index >= 15 is 0 Å². The van der Waals surface area contributed by atoms with Crippen LogP contribution in [0.15, 0.2) is 78.1 Å². The van der Waals surface area contributed by atoms with Crippen molar-refractivity contribution in [3.8, 4) is 0 Å². The molecule has 0 fully saturated rings. The van der Waals surface area contributed by atoms with Gasteiger partial charge in [0.2, 0.25) is 0 Å². The topological polar surface area (TPSA) is 109 Å². The number of rotatable bonds is 26. The fraction of sp³-hybridized carbons (Fsp3) is 0.446. The second-order valence-corrected chi connectivity index (χ2v) is 20.9. The molecule has 1 aliphatic carbocycles. The van der Waals surface area contributed by atoms with Crippen molar-refractivity contribution in [2.75, 3.05) is 18.1 Å². The number of allylic oxidation sites excluding steroid dienone is 2. The number of benzene rings is 5. The van der Waals surface area contributed by atoms with Crippen LogP contribution in [0.5, 0.6) is 0 Å². The molecule has 8 rings (SSSR count). The number of carbonyl (C=O) groups is 6. The van der Waals surface area contributed by atoms with E-state index in [1.807, 2.05) is 66.8 Å². The lowest BCUT2D eigenvalue weighted by Gasteiger charge is -2.35. The highest BCUT2D eigenvalue weighted by Gasteiger charge is 2.39. The van der Waals surface area contributed by atoms with Crippen LogP contribution >= 0.6 is 23.5 Å². The zero-order valence-corrected chi connectivity index (χ0v) is 40.3. The third-order valence-corrected chi connectivity index (χ3v) is 15.7. The van der Waals surface area contributed by atoms with Gasteiger partial charge in [-0.15, -0.1) is 5.73 Å². The van der Waals surface area contributed by atoms with E-state index in [0.717, 1.165) is 126 Å². The molecule has 0 N–H and O–H groups in total. The quantitative estimate of drug-likeness (QED) is 0.0177. The molecule has 4 amide bonds. The molecule has 0 aromatic heterocycles. The molecule has 0 bridgehead atoms. The molecule has 2 heterocycles. The molecule has 0 saturated carbocycles. The lowest BCUT2D eigenvalue weighted by Crippen LogP contribution is -2.47. The molecule has 0 unspecified atom stereocenters. The molecule has 5 aromatic carbocycles. The maximum atomic E-state index is 14.8. The van der Waals surface area contributed by atoms with Gasteiger partial charge in [-0.3, -0.25) is 38.6 Å². The summed E-state index contributed by atoms with van der Waals surface area (Å²) in [6.07, 6.45) is 25.6. The monoisotopic (exact) mass is 922 g/mol. The van der Waals surface area contributed by atoms with Gasteiger partial charge in [0, 0.05) is 71.0 Å². The molecule has 344 valence electrons. The van der Waals surface area contributed by atoms with Gasteiger partial charge < -0.3 is 0 Å². The van der Waals surface area contributed by atoms with Crippen molar-refractivity contribution in [1.82, 2.24) is 9.80 Å². The first-order valence-corrected chi connectivity index (χ1v) is 26.5. The van der Waals surface area contributed by atoms with Crippen LogP contribution in [0.4, 0.5) is 0 Å². The van der Waals surface area contributed by atoms with Crippen LogP contribution < -0.4 is 0 Å². The van der Waals surface area contributed by atoms with Crippen molar-refractivity contribution in [3.05, 3.63) is 100 Å². The zero-order valence-electron chi connectivity index (χ0n) is 38.6. The van der Waals surface area contributed by atoms with Crippen molar-refractivity contribution in [2.24, 2.45) is 0 Å². The predicted octanol–water partition coefficient (Wildman–Crippen LogP) is 13.9. The van der Waals surface area contributed by atoms with Crippen LogP contribution in [0.25, 0.3) is 43.1 Å². The summed E-state index contributed by atoms with van der Waals surface area (Å²) in [6.45, 7) is 3.53. The SMILES string of the molecule is CC(=O)SCCCCCCCCCCC(CCCCCCCCCCSC(C)=O)N1C(=O)c2ccc3c4ccc5c6c(ccc(c7ccc(c2c37)C1=O)c64)C(=O)N(CCC1=C=CC=C1)C5=O. The first-order chi connectivity index (χ1) is 32.2. The van der Waals surface area contributed by atoms with E-state index in [1.165, 1.54) is 66.9 Å². The molecule has 0 radical (unpaired) electrons. The van der Waals surface area contributed by atoms with Gasteiger partial charge in [-0.25, -0.2) is 0 Å². The van der Waals surface area contributed by atoms with E-state index in [2.05, 4.69) is 5.73 Å². The number of nitrogens with zero attached hydrogens (tertiary/aromatic N) is 2. The lowest BCUT2D eigenvalue weighted by molar-refractivity contribution is -0.109. The first kappa shape index (κ1) is 47.5. The number of fused-ring (bicyclic) bond motifs is 2. The van der Waals surface area contributed by atoms with Crippen LogP contribution in [0, 0.1) is 0 Å². The van der Waals surface area contributed by atoms with Crippen molar-refractivity contribution in [1.29, 1.82) is 0 Å². The maximum Gasteiger partial charge on any atom is 0.261 e. The van der Waals surface area contributed by atoms with E-state index in [4.69, 9.17) is 0 Å². The maximum absolute atomic E-state index is 14.8. The predicted molar refractivity (Wildman–Crippen MR) is 272 cm³/mol. The minimum absolute atomic E-state index is 0.188. The molecule has 2 aliphatic heterocycles. The molecule has 0 spiro atoms. The minimum Gasteiger partial charge on any atom is -0.288 e. The van der Waals surface area contributed by atoms with Crippen LogP contribution in [0.2, 0.25) is 0 Å². The third-order valence-electron chi connectivity index (χ3n) is 13.9. The second-order valence-electron chi connectivity index (χ2n) is 18.4. The molecular formula is C56H62N2O6S2. The number of amides is 4. The fourth-order valence-electron chi connectivity index (χ4n) is 10.5. The molecule has 5 aromatic rings. The first-order valence-electron chi connectivity index (χ1n) is 24.5. The average Bonchev–Trinajstić information content (AvgIpc) is 3.83. The summed E-state index contributed by atoms with van der Waals surface area (Å²) in [5.74, 6) is 0.762. The Morgan fingerprint density at radius 2 is 0.879 bits per heavy atom. The van der Waals surface area contributed by atoms with Crippen molar-refractivity contribution in [2.45, 2.75) is 142 Å². The van der Waals surface area contributed by atoms with Crippen LogP contribution in [0.1, 0.15) is 177 Å². The number of imide groups is 2. The van der Waals surface area contributed by atoms with E-state index in [0.29, 0.717) is 39.4 Å². The van der Waals surface area contributed by atoms with Gasteiger partial charge in [-0.1, -0.05) is 150 Å². The Morgan fingerprint density at radius 3 is 1.26 bits per heavy atom. The summed E-state index contributed by atoms with van der Waals surface area (Å²) in [6, 6.07) is 15.2. The van der Waals surface area contributed by atoms with Gasteiger partial charge in [-0.05, 0) is 100 Å². The van der Waals surface area contributed by atoms with E-state index in [9.17, 15) is 28.8 Å². The highest BCUT2D eigenvalue weighted by atomic mass is 32.2. The highest BCUT2D eigenvalue weighted by Crippen LogP contribution is 2.46. The molecule has 3 aliphatic rings. The summed E-state index contributed by atoms with van der Waals surface area (Å²) >= 11 is 2.83. The van der Waals surface area contributed by atoms with Gasteiger partial charge >= 0.3 is 0 Å². The van der Waals surface area contributed by atoms with E-state index in [-0.39, 0.29) is 46.4 Å². The Bertz CT molecular complexity index is 2630. The summed E-state index contributed by atoms with van der Waals surface area (Å²) in [7, 11) is 0. The van der Waals surface area contributed by atoms with Gasteiger partial charge in [-0.2, -0.15) is 0 Å². The summed E-state index contributed by atoms with van der Waals surface area (Å²) in [5.41, 5.74) is 6.23.